The molecule has 0 N–H and O–H groups in total. The van der Waals surface area contributed by atoms with Gasteiger partial charge in [-0.1, -0.05) is 29.4 Å². The summed E-state index contributed by atoms with van der Waals surface area (Å²) in [5.41, 5.74) is 0.363. The van der Waals surface area contributed by atoms with Gasteiger partial charge in [-0.3, -0.25) is 4.79 Å². The third kappa shape index (κ3) is 5.53. The van der Waals surface area contributed by atoms with Crippen molar-refractivity contribution in [3.8, 4) is 22.9 Å². The van der Waals surface area contributed by atoms with E-state index in [9.17, 15) is 18.0 Å². The van der Waals surface area contributed by atoms with Gasteiger partial charge < -0.3 is 18.7 Å². The normalized spacial score (nSPS) is 11.3. The third-order valence-electron chi connectivity index (χ3n) is 4.38. The summed E-state index contributed by atoms with van der Waals surface area (Å²) in [5.74, 6) is 0.758. The van der Waals surface area contributed by atoms with Gasteiger partial charge in [0.05, 0.1) is 19.8 Å². The lowest BCUT2D eigenvalue weighted by molar-refractivity contribution is -0.145. The average Bonchev–Trinajstić information content (AvgIpc) is 3.24. The van der Waals surface area contributed by atoms with Crippen LogP contribution >= 0.6 is 0 Å². The Balaban J connectivity index is 1.54. The number of halogens is 3. The molecule has 0 saturated heterocycles. The molecule has 31 heavy (non-hydrogen) atoms. The minimum absolute atomic E-state index is 0.0298. The van der Waals surface area contributed by atoms with Crippen molar-refractivity contribution in [2.45, 2.75) is 25.6 Å². The summed E-state index contributed by atoms with van der Waals surface area (Å²) in [6, 6.07) is 9.71. The van der Waals surface area contributed by atoms with E-state index in [2.05, 4.69) is 10.1 Å². The number of aromatic nitrogens is 2. The fraction of sp³-hybridized carbons (Fsp3) is 0.286. The number of carbonyl (C=O) groups excluding carboxylic acids is 1. The number of carbonyl (C=O) groups is 1. The summed E-state index contributed by atoms with van der Waals surface area (Å²) < 4.78 is 58.6. The summed E-state index contributed by atoms with van der Waals surface area (Å²) in [6.45, 7) is -0.248. The molecule has 0 aliphatic heterocycles. The summed E-state index contributed by atoms with van der Waals surface area (Å²) in [6.07, 6.45) is -3.96. The smallest absolute Gasteiger partial charge is 0.416 e. The van der Waals surface area contributed by atoms with Crippen molar-refractivity contribution in [1.82, 2.24) is 10.1 Å². The number of nitrogens with zero attached hydrogens (tertiary/aromatic N) is 2. The number of alkyl halides is 3. The van der Waals surface area contributed by atoms with Gasteiger partial charge in [0.15, 0.2) is 18.1 Å². The fourth-order valence-corrected chi connectivity index (χ4v) is 2.84. The second kappa shape index (κ2) is 9.50. The molecule has 0 saturated carbocycles. The maximum absolute atomic E-state index is 12.6. The van der Waals surface area contributed by atoms with Gasteiger partial charge in [-0.25, -0.2) is 0 Å². The fourth-order valence-electron chi connectivity index (χ4n) is 2.84. The van der Waals surface area contributed by atoms with Gasteiger partial charge in [-0.2, -0.15) is 18.2 Å². The van der Waals surface area contributed by atoms with E-state index in [1.807, 2.05) is 6.07 Å². The van der Waals surface area contributed by atoms with E-state index in [4.69, 9.17) is 18.7 Å². The molecule has 0 aliphatic carbocycles. The van der Waals surface area contributed by atoms with E-state index in [0.717, 1.165) is 17.7 Å². The Morgan fingerprint density at radius 1 is 1.06 bits per heavy atom. The van der Waals surface area contributed by atoms with Crippen LogP contribution in [0.25, 0.3) is 11.4 Å². The molecule has 1 aromatic heterocycles. The summed E-state index contributed by atoms with van der Waals surface area (Å²) in [7, 11) is 3.04. The van der Waals surface area contributed by atoms with E-state index in [0.29, 0.717) is 23.5 Å². The van der Waals surface area contributed by atoms with Crippen LogP contribution in [0.1, 0.15) is 23.4 Å². The molecule has 164 valence electrons. The zero-order chi connectivity index (χ0) is 22.4. The van der Waals surface area contributed by atoms with Crippen LogP contribution in [0.2, 0.25) is 0 Å². The number of hydrogen-bond acceptors (Lipinski definition) is 7. The first-order valence-corrected chi connectivity index (χ1v) is 9.17. The van der Waals surface area contributed by atoms with Crippen molar-refractivity contribution in [3.05, 3.63) is 59.5 Å². The minimum atomic E-state index is -4.43. The van der Waals surface area contributed by atoms with Crippen molar-refractivity contribution in [2.75, 3.05) is 14.2 Å². The van der Waals surface area contributed by atoms with Crippen LogP contribution in [-0.4, -0.2) is 30.3 Å². The molecule has 0 bridgehead atoms. The number of hydrogen-bond donors (Lipinski definition) is 0. The summed E-state index contributed by atoms with van der Waals surface area (Å²) in [4.78, 5) is 16.1. The molecule has 7 nitrogen and oxygen atoms in total. The molecule has 0 fully saturated rings. The number of benzene rings is 2. The molecule has 0 radical (unpaired) electrons. The van der Waals surface area contributed by atoms with Gasteiger partial charge in [0.2, 0.25) is 5.82 Å². The largest absolute Gasteiger partial charge is 0.493 e. The minimum Gasteiger partial charge on any atom is -0.493 e. The van der Waals surface area contributed by atoms with Gasteiger partial charge in [0.1, 0.15) is 0 Å². The lowest BCUT2D eigenvalue weighted by atomic mass is 10.1. The highest BCUT2D eigenvalue weighted by molar-refractivity contribution is 5.70. The Morgan fingerprint density at radius 2 is 1.81 bits per heavy atom. The van der Waals surface area contributed by atoms with Crippen LogP contribution in [0.3, 0.4) is 0 Å². The zero-order valence-electron chi connectivity index (χ0n) is 16.7. The second-order valence-corrected chi connectivity index (χ2v) is 6.40. The Hall–Kier alpha value is -3.56. The molecular formula is C21H19F3N2O5. The van der Waals surface area contributed by atoms with Crippen molar-refractivity contribution in [2.24, 2.45) is 0 Å². The Bertz CT molecular complexity index is 1030. The third-order valence-corrected chi connectivity index (χ3v) is 4.38. The number of rotatable bonds is 8. The maximum atomic E-state index is 12.6. The second-order valence-electron chi connectivity index (χ2n) is 6.40. The monoisotopic (exact) mass is 436 g/mol. The van der Waals surface area contributed by atoms with E-state index in [1.165, 1.54) is 26.4 Å². The summed E-state index contributed by atoms with van der Waals surface area (Å²) in [5, 5.41) is 3.70. The highest BCUT2D eigenvalue weighted by Crippen LogP contribution is 2.32. The van der Waals surface area contributed by atoms with E-state index < -0.39 is 17.7 Å². The Kier molecular flexibility index (Phi) is 6.78. The molecule has 3 rings (SSSR count). The van der Waals surface area contributed by atoms with Gasteiger partial charge >= 0.3 is 12.1 Å². The van der Waals surface area contributed by atoms with Crippen molar-refractivity contribution >= 4 is 5.97 Å². The highest BCUT2D eigenvalue weighted by atomic mass is 19.4. The molecule has 1 heterocycles. The van der Waals surface area contributed by atoms with Crippen molar-refractivity contribution < 1.29 is 36.7 Å². The first kappa shape index (κ1) is 22.1. The highest BCUT2D eigenvalue weighted by Gasteiger charge is 2.30. The zero-order valence-corrected chi connectivity index (χ0v) is 16.7. The molecule has 0 spiro atoms. The van der Waals surface area contributed by atoms with Gasteiger partial charge in [0.25, 0.3) is 5.89 Å². The molecule has 0 aliphatic rings. The Labute approximate surface area is 175 Å². The molecular weight excluding hydrogens is 417 g/mol. The standard InChI is InChI=1S/C21H19F3N2O5/c1-28-16-5-3-4-13(19(16)29-2)8-11-18(27)30-12-17-25-20(26-31-17)14-6-9-15(10-7-14)21(22,23)24/h3-7,9-10H,8,11-12H2,1-2H3. The SMILES string of the molecule is COc1cccc(CCC(=O)OCc2nc(-c3ccc(C(F)(F)F)cc3)no2)c1OC. The quantitative estimate of drug-likeness (QED) is 0.483. The first-order chi connectivity index (χ1) is 14.8. The summed E-state index contributed by atoms with van der Waals surface area (Å²) >= 11 is 0. The number of esters is 1. The van der Waals surface area contributed by atoms with Crippen LogP contribution in [0.5, 0.6) is 11.5 Å². The lowest BCUT2D eigenvalue weighted by Gasteiger charge is -2.12. The molecule has 2 aromatic carbocycles. The topological polar surface area (TPSA) is 83.7 Å². The van der Waals surface area contributed by atoms with Crippen molar-refractivity contribution in [3.63, 3.8) is 0 Å². The van der Waals surface area contributed by atoms with Crippen LogP contribution in [-0.2, 0) is 28.7 Å². The number of aryl methyl sites for hydroxylation is 1. The van der Waals surface area contributed by atoms with Crippen LogP contribution < -0.4 is 9.47 Å². The number of para-hydroxylation sites is 1. The maximum Gasteiger partial charge on any atom is 0.416 e. The van der Waals surface area contributed by atoms with Gasteiger partial charge in [-0.05, 0) is 30.2 Å². The van der Waals surface area contributed by atoms with Crippen LogP contribution in [0, 0.1) is 0 Å². The molecule has 0 unspecified atom stereocenters. The number of methoxy groups -OCH3 is 2. The lowest BCUT2D eigenvalue weighted by Crippen LogP contribution is -2.07. The van der Waals surface area contributed by atoms with Gasteiger partial charge in [-0.15, -0.1) is 0 Å². The van der Waals surface area contributed by atoms with Crippen LogP contribution in [0.15, 0.2) is 47.0 Å². The first-order valence-electron chi connectivity index (χ1n) is 9.17. The molecule has 0 amide bonds. The van der Waals surface area contributed by atoms with E-state index in [-0.39, 0.29) is 24.7 Å². The van der Waals surface area contributed by atoms with Crippen molar-refractivity contribution in [1.29, 1.82) is 0 Å². The molecule has 0 atom stereocenters. The Morgan fingerprint density at radius 3 is 2.45 bits per heavy atom. The van der Waals surface area contributed by atoms with E-state index >= 15 is 0 Å². The predicted molar refractivity (Wildman–Crippen MR) is 102 cm³/mol. The average molecular weight is 436 g/mol. The van der Waals surface area contributed by atoms with E-state index in [1.54, 1.807) is 12.1 Å². The number of ether oxygens (including phenoxy) is 3. The molecule has 3 aromatic rings. The predicted octanol–water partition coefficient (Wildman–Crippen LogP) is 4.45. The van der Waals surface area contributed by atoms with Crippen LogP contribution in [0.4, 0.5) is 13.2 Å². The van der Waals surface area contributed by atoms with Gasteiger partial charge in [0, 0.05) is 12.0 Å². The molecule has 10 heteroatoms.